The molecule has 0 N–H and O–H groups in total. The average Bonchev–Trinajstić information content (AvgIpc) is 4.39. The first-order chi connectivity index (χ1) is 40.7. The lowest BCUT2D eigenvalue weighted by Gasteiger charge is -2.15. The van der Waals surface area contributed by atoms with E-state index in [9.17, 15) is 0 Å². The smallest absolute Gasteiger partial charge is 0.240 e. The third kappa shape index (κ3) is 6.93. The molecule has 0 aliphatic rings. The molecule has 0 amide bonds. The van der Waals surface area contributed by atoms with Gasteiger partial charge < -0.3 is 9.13 Å². The van der Waals surface area contributed by atoms with Gasteiger partial charge in [-0.25, -0.2) is 0 Å². The lowest BCUT2D eigenvalue weighted by atomic mass is 10.0. The van der Waals surface area contributed by atoms with Crippen molar-refractivity contribution >= 4 is 87.2 Å². The normalized spacial score (nSPS) is 11.9. The zero-order valence-electron chi connectivity index (χ0n) is 44.3. The summed E-state index contributed by atoms with van der Waals surface area (Å²) in [5.74, 6) is 1.64. The molecular weight excluding hydrogens is 999 g/mol. The minimum Gasteiger partial charge on any atom is -0.309 e. The van der Waals surface area contributed by atoms with Crippen LogP contribution in [0.15, 0.2) is 285 Å². The number of hydrogen-bond donors (Lipinski definition) is 0. The third-order valence-electron chi connectivity index (χ3n) is 16.6. The second-order valence-electron chi connectivity index (χ2n) is 21.1. The summed E-state index contributed by atoms with van der Waals surface area (Å²) in [6, 6.07) is 102. The van der Waals surface area contributed by atoms with E-state index in [1.165, 1.54) is 60.4 Å². The molecule has 0 spiro atoms. The van der Waals surface area contributed by atoms with Crippen LogP contribution in [0.2, 0.25) is 0 Å². The van der Waals surface area contributed by atoms with Crippen LogP contribution in [0.1, 0.15) is 0 Å². The number of aromatic nitrogens is 7. The molecule has 0 aliphatic carbocycles. The summed E-state index contributed by atoms with van der Waals surface area (Å²) >= 11 is 0. The Labute approximate surface area is 471 Å². The highest BCUT2D eigenvalue weighted by atomic mass is 15.3. The standard InChI is InChI=1S/C75H47N7/c1-5-22-48(23-6-1)54-33-19-36-60-57-30-13-16-39-65(57)79(70(54)60)52-42-44-68-63(46-52)58-31-14-17-40-66(58)81(68)74-76-73(51-28-11-4-12-29-51)77-75(78-74)82-67-41-18-15-32-59(67)64-47-53(43-45-69(64)82)80-71-55(49-24-7-2-8-25-49)34-20-37-61(71)62-38-21-35-56(72(62)80)50-26-9-3-10-27-50/h1-47H. The van der Waals surface area contributed by atoms with Crippen LogP contribution in [0.5, 0.6) is 0 Å². The lowest BCUT2D eigenvalue weighted by molar-refractivity contribution is 0.892. The van der Waals surface area contributed by atoms with E-state index in [0.717, 1.165) is 77.1 Å². The number of hydrogen-bond acceptors (Lipinski definition) is 3. The van der Waals surface area contributed by atoms with Crippen LogP contribution in [0.4, 0.5) is 0 Å². The molecule has 5 heterocycles. The van der Waals surface area contributed by atoms with Crippen LogP contribution in [0, 0.1) is 0 Å². The van der Waals surface area contributed by atoms with Crippen LogP contribution in [-0.4, -0.2) is 33.2 Å². The summed E-state index contributed by atoms with van der Waals surface area (Å²) < 4.78 is 9.37. The Kier molecular flexibility index (Phi) is 10.2. The highest BCUT2D eigenvalue weighted by Gasteiger charge is 2.25. The molecule has 0 saturated carbocycles. The van der Waals surface area contributed by atoms with Gasteiger partial charge in [-0.3, -0.25) is 9.13 Å². The number of fused-ring (bicyclic) bond motifs is 12. The van der Waals surface area contributed by atoms with Crippen molar-refractivity contribution in [2.24, 2.45) is 0 Å². The van der Waals surface area contributed by atoms with E-state index in [0.29, 0.717) is 17.7 Å². The van der Waals surface area contributed by atoms with E-state index in [1.807, 2.05) is 18.2 Å². The Morgan fingerprint density at radius 3 is 0.963 bits per heavy atom. The van der Waals surface area contributed by atoms with Gasteiger partial charge in [0.2, 0.25) is 11.9 Å². The van der Waals surface area contributed by atoms with Crippen LogP contribution < -0.4 is 0 Å². The molecule has 0 aliphatic heterocycles. The minimum atomic E-state index is 0.527. The van der Waals surface area contributed by atoms with E-state index in [2.05, 4.69) is 285 Å². The van der Waals surface area contributed by atoms with Crippen molar-refractivity contribution in [1.82, 2.24) is 33.2 Å². The van der Waals surface area contributed by atoms with Gasteiger partial charge in [0, 0.05) is 76.7 Å². The summed E-state index contributed by atoms with van der Waals surface area (Å²) in [6.45, 7) is 0. The van der Waals surface area contributed by atoms with Gasteiger partial charge >= 0.3 is 0 Å². The zero-order chi connectivity index (χ0) is 53.8. The van der Waals surface area contributed by atoms with E-state index < -0.39 is 0 Å². The first-order valence-corrected chi connectivity index (χ1v) is 27.9. The van der Waals surface area contributed by atoms with Crippen LogP contribution in [0.25, 0.3) is 155 Å². The van der Waals surface area contributed by atoms with Gasteiger partial charge in [0.1, 0.15) is 0 Å². The maximum absolute atomic E-state index is 5.58. The van der Waals surface area contributed by atoms with E-state index in [1.54, 1.807) is 0 Å². The molecule has 12 aromatic carbocycles. The van der Waals surface area contributed by atoms with Gasteiger partial charge in [0.05, 0.1) is 44.1 Å². The molecule has 0 atom stereocenters. The van der Waals surface area contributed by atoms with Gasteiger partial charge in [0.25, 0.3) is 0 Å². The lowest BCUT2D eigenvalue weighted by Crippen LogP contribution is -2.10. The largest absolute Gasteiger partial charge is 0.309 e. The number of para-hydroxylation sites is 6. The Hall–Kier alpha value is -11.2. The molecule has 7 heteroatoms. The van der Waals surface area contributed by atoms with Crippen molar-refractivity contribution in [3.63, 3.8) is 0 Å². The Bertz CT molecular complexity index is 5280. The fraction of sp³-hybridized carbons (Fsp3) is 0. The molecule has 7 nitrogen and oxygen atoms in total. The Balaban J connectivity index is 0.897. The SMILES string of the molecule is c1ccc(-c2nc(-n3c4ccccc4c4cc(-n5c6ccccc6c6cccc(-c7ccccc7)c65)ccc43)nc(-n3c4ccccc4c4cc(-n5c6c(-c7ccccc7)cccc6c6cccc(-c7ccccc7)c65)ccc43)n2)cc1. The number of nitrogens with zero attached hydrogens (tertiary/aromatic N) is 7. The van der Waals surface area contributed by atoms with Gasteiger partial charge in [-0.15, -0.1) is 0 Å². The van der Waals surface area contributed by atoms with Crippen molar-refractivity contribution < 1.29 is 0 Å². The predicted molar refractivity (Wildman–Crippen MR) is 339 cm³/mol. The first kappa shape index (κ1) is 45.8. The molecule has 17 rings (SSSR count). The molecule has 5 aromatic heterocycles. The minimum absolute atomic E-state index is 0.527. The third-order valence-corrected chi connectivity index (χ3v) is 16.6. The maximum atomic E-state index is 5.58. The predicted octanol–water partition coefficient (Wildman–Crippen LogP) is 18.9. The summed E-state index contributed by atoms with van der Waals surface area (Å²) in [5.41, 5.74) is 18.7. The Morgan fingerprint density at radius 2 is 0.524 bits per heavy atom. The average molecular weight is 1050 g/mol. The van der Waals surface area contributed by atoms with Crippen molar-refractivity contribution in [1.29, 1.82) is 0 Å². The first-order valence-electron chi connectivity index (χ1n) is 27.9. The molecule has 82 heavy (non-hydrogen) atoms. The molecule has 17 aromatic rings. The number of rotatable bonds is 8. The highest BCUT2D eigenvalue weighted by molar-refractivity contribution is 6.19. The van der Waals surface area contributed by atoms with Gasteiger partial charge in [-0.05, 0) is 71.3 Å². The maximum Gasteiger partial charge on any atom is 0.240 e. The van der Waals surface area contributed by atoms with E-state index >= 15 is 0 Å². The molecule has 0 bridgehead atoms. The topological polar surface area (TPSA) is 58.4 Å². The van der Waals surface area contributed by atoms with Crippen molar-refractivity contribution in [3.05, 3.63) is 285 Å². The van der Waals surface area contributed by atoms with E-state index in [-0.39, 0.29) is 0 Å². The summed E-state index contributed by atoms with van der Waals surface area (Å²) in [6.07, 6.45) is 0. The monoisotopic (exact) mass is 1050 g/mol. The van der Waals surface area contributed by atoms with E-state index in [4.69, 9.17) is 15.0 Å². The molecule has 0 radical (unpaired) electrons. The highest BCUT2D eigenvalue weighted by Crippen LogP contribution is 2.45. The Morgan fingerprint density at radius 1 is 0.207 bits per heavy atom. The zero-order valence-corrected chi connectivity index (χ0v) is 44.3. The van der Waals surface area contributed by atoms with Crippen molar-refractivity contribution in [3.8, 4) is 68.0 Å². The molecule has 382 valence electrons. The van der Waals surface area contributed by atoms with Crippen LogP contribution in [0.3, 0.4) is 0 Å². The summed E-state index contributed by atoms with van der Waals surface area (Å²) in [4.78, 5) is 16.4. The molecule has 0 fully saturated rings. The van der Waals surface area contributed by atoms with Crippen LogP contribution >= 0.6 is 0 Å². The fourth-order valence-corrected chi connectivity index (χ4v) is 13.1. The second kappa shape index (κ2) is 18.2. The van der Waals surface area contributed by atoms with Gasteiger partial charge in [-0.2, -0.15) is 15.0 Å². The molecule has 0 saturated heterocycles. The fourth-order valence-electron chi connectivity index (χ4n) is 13.1. The summed E-state index contributed by atoms with van der Waals surface area (Å²) in [5, 5.41) is 9.22. The second-order valence-corrected chi connectivity index (χ2v) is 21.1. The van der Waals surface area contributed by atoms with Gasteiger partial charge in [-0.1, -0.05) is 231 Å². The van der Waals surface area contributed by atoms with Gasteiger partial charge in [0.15, 0.2) is 5.82 Å². The number of benzene rings is 12. The van der Waals surface area contributed by atoms with Crippen molar-refractivity contribution in [2.75, 3.05) is 0 Å². The molecule has 0 unspecified atom stereocenters. The quantitative estimate of drug-likeness (QED) is 0.152. The molecular formula is C75H47N7. The van der Waals surface area contributed by atoms with Crippen molar-refractivity contribution in [2.45, 2.75) is 0 Å². The van der Waals surface area contributed by atoms with Crippen LogP contribution in [-0.2, 0) is 0 Å². The summed E-state index contributed by atoms with van der Waals surface area (Å²) in [7, 11) is 0.